The fraction of sp³-hybridized carbons (Fsp3) is 0.556. The summed E-state index contributed by atoms with van der Waals surface area (Å²) >= 11 is 0. The molecule has 1 fully saturated rings. The largest absolute Gasteiger partial charge is 0.467 e. The van der Waals surface area contributed by atoms with Gasteiger partial charge in [0.1, 0.15) is 6.04 Å². The normalized spacial score (nSPS) is 24.5. The summed E-state index contributed by atoms with van der Waals surface area (Å²) in [6.45, 7) is 0.537. The molecule has 2 aliphatic rings. The van der Waals surface area contributed by atoms with Crippen LogP contribution < -0.4 is 5.32 Å². The number of carbonyl (C=O) groups is 2. The third-order valence-corrected chi connectivity index (χ3v) is 2.52. The molecule has 6 nitrogen and oxygen atoms in total. The predicted molar refractivity (Wildman–Crippen MR) is 51.5 cm³/mol. The maximum atomic E-state index is 11.6. The molecule has 2 aliphatic heterocycles. The van der Waals surface area contributed by atoms with Gasteiger partial charge in [0.05, 0.1) is 13.8 Å². The maximum Gasteiger partial charge on any atom is 0.328 e. The predicted octanol–water partition coefficient (Wildman–Crippen LogP) is -0.312. The van der Waals surface area contributed by atoms with Crippen LogP contribution in [0.2, 0.25) is 0 Å². The number of methoxy groups -OCH3 is 1. The highest BCUT2D eigenvalue weighted by molar-refractivity contribution is 5.86. The number of nitrogens with zero attached hydrogens (tertiary/aromatic N) is 2. The average molecular weight is 211 g/mol. The Morgan fingerprint density at radius 3 is 3.07 bits per heavy atom. The van der Waals surface area contributed by atoms with Gasteiger partial charge in [-0.3, -0.25) is 4.90 Å². The number of hydrogen-bond acceptors (Lipinski definition) is 4. The highest BCUT2D eigenvalue weighted by Gasteiger charge is 2.36. The molecule has 0 aliphatic carbocycles. The topological polar surface area (TPSA) is 61.9 Å². The molecule has 0 spiro atoms. The van der Waals surface area contributed by atoms with Crippen LogP contribution in [0.15, 0.2) is 11.9 Å². The Morgan fingerprint density at radius 2 is 2.40 bits per heavy atom. The van der Waals surface area contributed by atoms with Gasteiger partial charge in [0.25, 0.3) is 0 Å². The van der Waals surface area contributed by atoms with Crippen LogP contribution in [0.3, 0.4) is 0 Å². The Kier molecular flexibility index (Phi) is 2.26. The van der Waals surface area contributed by atoms with Crippen molar-refractivity contribution in [2.24, 2.45) is 0 Å². The van der Waals surface area contributed by atoms with Gasteiger partial charge in [-0.2, -0.15) is 0 Å². The van der Waals surface area contributed by atoms with Gasteiger partial charge in [-0.25, -0.2) is 9.59 Å². The fourth-order valence-corrected chi connectivity index (χ4v) is 1.81. The van der Waals surface area contributed by atoms with E-state index in [1.807, 2.05) is 18.1 Å². The zero-order chi connectivity index (χ0) is 11.0. The first-order chi connectivity index (χ1) is 7.11. The summed E-state index contributed by atoms with van der Waals surface area (Å²) < 4.78 is 4.60. The number of rotatable bonds is 1. The molecule has 0 aromatic carbocycles. The van der Waals surface area contributed by atoms with Gasteiger partial charge < -0.3 is 15.0 Å². The zero-order valence-corrected chi connectivity index (χ0v) is 8.69. The summed E-state index contributed by atoms with van der Waals surface area (Å²) in [4.78, 5) is 26.4. The molecule has 15 heavy (non-hydrogen) atoms. The van der Waals surface area contributed by atoms with Gasteiger partial charge in [0.2, 0.25) is 0 Å². The Labute approximate surface area is 87.5 Å². The Bertz CT molecular complexity index is 339. The number of fused-ring (bicyclic) bond motifs is 1. The molecule has 1 atom stereocenters. The lowest BCUT2D eigenvalue weighted by atomic mass is 10.1. The first-order valence-electron chi connectivity index (χ1n) is 4.68. The smallest absolute Gasteiger partial charge is 0.328 e. The minimum atomic E-state index is -0.559. The van der Waals surface area contributed by atoms with Crippen LogP contribution in [-0.2, 0) is 9.53 Å². The summed E-state index contributed by atoms with van der Waals surface area (Å²) in [5.41, 5.74) is 0.858. The van der Waals surface area contributed by atoms with Crippen molar-refractivity contribution < 1.29 is 14.3 Å². The van der Waals surface area contributed by atoms with Gasteiger partial charge in [-0.1, -0.05) is 0 Å². The number of nitrogens with one attached hydrogen (secondary N) is 1. The Balaban J connectivity index is 2.15. The number of hydrogen-bond donors (Lipinski definition) is 1. The van der Waals surface area contributed by atoms with Gasteiger partial charge in [0, 0.05) is 25.4 Å². The van der Waals surface area contributed by atoms with Crippen LogP contribution in [0.5, 0.6) is 0 Å². The molecule has 2 heterocycles. The molecule has 1 N–H and O–H groups in total. The van der Waals surface area contributed by atoms with Crippen molar-refractivity contribution in [3.05, 3.63) is 11.9 Å². The monoisotopic (exact) mass is 211 g/mol. The molecule has 82 valence electrons. The van der Waals surface area contributed by atoms with Crippen molar-refractivity contribution in [2.45, 2.75) is 12.5 Å². The minimum Gasteiger partial charge on any atom is -0.467 e. The quantitative estimate of drug-likeness (QED) is 0.604. The second-order valence-corrected chi connectivity index (χ2v) is 3.68. The number of amides is 2. The second kappa shape index (κ2) is 3.45. The first kappa shape index (κ1) is 9.82. The number of esters is 1. The van der Waals surface area contributed by atoms with E-state index in [0.717, 1.165) is 5.70 Å². The average Bonchev–Trinajstić information content (AvgIpc) is 2.58. The molecular weight excluding hydrogens is 198 g/mol. The van der Waals surface area contributed by atoms with E-state index in [-0.39, 0.29) is 6.03 Å². The molecule has 1 unspecified atom stereocenters. The van der Waals surface area contributed by atoms with Crippen LogP contribution in [0, 0.1) is 0 Å². The SMILES string of the molecule is COC(=O)C1CC2=CN(C)CN2C(=O)N1. The lowest BCUT2D eigenvalue weighted by molar-refractivity contribution is -0.143. The summed E-state index contributed by atoms with van der Waals surface area (Å²) in [5, 5.41) is 2.60. The third kappa shape index (κ3) is 1.62. The second-order valence-electron chi connectivity index (χ2n) is 3.68. The molecule has 2 rings (SSSR count). The molecule has 0 aromatic heterocycles. The van der Waals surface area contributed by atoms with Crippen molar-refractivity contribution >= 4 is 12.0 Å². The van der Waals surface area contributed by atoms with E-state index in [1.54, 1.807) is 4.90 Å². The van der Waals surface area contributed by atoms with Crippen LogP contribution in [0.4, 0.5) is 4.79 Å². The Morgan fingerprint density at radius 1 is 1.67 bits per heavy atom. The van der Waals surface area contributed by atoms with E-state index >= 15 is 0 Å². The lowest BCUT2D eigenvalue weighted by Crippen LogP contribution is -2.53. The van der Waals surface area contributed by atoms with E-state index in [4.69, 9.17) is 0 Å². The molecule has 0 saturated carbocycles. The summed E-state index contributed by atoms with van der Waals surface area (Å²) in [6.07, 6.45) is 2.36. The van der Waals surface area contributed by atoms with E-state index in [0.29, 0.717) is 13.1 Å². The van der Waals surface area contributed by atoms with E-state index < -0.39 is 12.0 Å². The lowest BCUT2D eigenvalue weighted by Gasteiger charge is -2.30. The van der Waals surface area contributed by atoms with Crippen LogP contribution in [-0.4, -0.2) is 48.7 Å². The summed E-state index contributed by atoms with van der Waals surface area (Å²) in [6, 6.07) is -0.802. The minimum absolute atomic E-state index is 0.243. The Hall–Kier alpha value is -1.72. The molecule has 0 bridgehead atoms. The van der Waals surface area contributed by atoms with Gasteiger partial charge in [0.15, 0.2) is 0 Å². The number of carbonyl (C=O) groups excluding carboxylic acids is 2. The van der Waals surface area contributed by atoms with Gasteiger partial charge >= 0.3 is 12.0 Å². The van der Waals surface area contributed by atoms with Crippen LogP contribution in [0.1, 0.15) is 6.42 Å². The first-order valence-corrected chi connectivity index (χ1v) is 4.68. The van der Waals surface area contributed by atoms with Gasteiger partial charge in [-0.05, 0) is 0 Å². The molecule has 6 heteroatoms. The van der Waals surface area contributed by atoms with Crippen molar-refractivity contribution in [3.8, 4) is 0 Å². The highest BCUT2D eigenvalue weighted by atomic mass is 16.5. The van der Waals surface area contributed by atoms with Crippen LogP contribution >= 0.6 is 0 Å². The molecule has 0 aromatic rings. The number of ether oxygens (including phenoxy) is 1. The van der Waals surface area contributed by atoms with E-state index in [2.05, 4.69) is 10.1 Å². The van der Waals surface area contributed by atoms with E-state index in [9.17, 15) is 9.59 Å². The number of urea groups is 1. The van der Waals surface area contributed by atoms with Crippen molar-refractivity contribution in [3.63, 3.8) is 0 Å². The third-order valence-electron chi connectivity index (χ3n) is 2.52. The summed E-state index contributed by atoms with van der Waals surface area (Å²) in [7, 11) is 3.20. The van der Waals surface area contributed by atoms with Gasteiger partial charge in [-0.15, -0.1) is 0 Å². The highest BCUT2D eigenvalue weighted by Crippen LogP contribution is 2.23. The zero-order valence-electron chi connectivity index (χ0n) is 8.69. The molecule has 1 saturated heterocycles. The fourth-order valence-electron chi connectivity index (χ4n) is 1.81. The molecular formula is C9H13N3O3. The van der Waals surface area contributed by atoms with Crippen molar-refractivity contribution in [2.75, 3.05) is 20.8 Å². The van der Waals surface area contributed by atoms with Crippen molar-refractivity contribution in [1.82, 2.24) is 15.1 Å². The van der Waals surface area contributed by atoms with E-state index in [1.165, 1.54) is 7.11 Å². The van der Waals surface area contributed by atoms with Crippen LogP contribution in [0.25, 0.3) is 0 Å². The maximum absolute atomic E-state index is 11.6. The van der Waals surface area contributed by atoms with Crippen molar-refractivity contribution in [1.29, 1.82) is 0 Å². The molecule has 2 amide bonds. The summed E-state index contributed by atoms with van der Waals surface area (Å²) in [5.74, 6) is -0.404. The standard InChI is InChI=1S/C9H13N3O3/c1-11-4-6-3-7(8(13)15-2)10-9(14)12(6)5-11/h4,7H,3,5H2,1-2H3,(H,10,14). The molecule has 0 radical (unpaired) electrons.